The van der Waals surface area contributed by atoms with Crippen molar-refractivity contribution in [3.63, 3.8) is 0 Å². The Morgan fingerprint density at radius 3 is 2.35 bits per heavy atom. The summed E-state index contributed by atoms with van der Waals surface area (Å²) in [5, 5.41) is 1.70. The largest absolute Gasteiger partial charge is 0.289 e. The number of carbonyl (C=O) groups excluding carboxylic acids is 1. The molecule has 4 aliphatic rings. The maximum Gasteiger partial charge on any atom is 0.188 e. The first-order chi connectivity index (χ1) is 30.3. The Balaban J connectivity index is 1.68. The van der Waals surface area contributed by atoms with Gasteiger partial charge in [0.25, 0.3) is 0 Å². The summed E-state index contributed by atoms with van der Waals surface area (Å²) in [4.78, 5) is 25.0. The van der Waals surface area contributed by atoms with Crippen molar-refractivity contribution in [3.8, 4) is 0 Å². The Hall–Kier alpha value is -5.81. The monoisotopic (exact) mass is 904 g/mol. The molecule has 0 radical (unpaired) electrons. The number of fused-ring (bicyclic) bond motifs is 6. The molecule has 63 heavy (non-hydrogen) atoms. The number of carbonyl (C=O) groups is 1. The number of Topliss-reactive ketones (excluding diaryl/α,β-unsaturated/α-hetero) is 1. The van der Waals surface area contributed by atoms with Crippen molar-refractivity contribution < 1.29 is 4.79 Å². The van der Waals surface area contributed by atoms with Gasteiger partial charge in [-0.3, -0.25) is 14.8 Å². The number of aliphatic imine (C=N–C) groups is 2. The normalized spacial score (nSPS) is 24.5. The zero-order valence-corrected chi connectivity index (χ0v) is 38.7. The topological polar surface area (TPSA) is 41.8 Å². The average molecular weight is 907 g/mol. The van der Waals surface area contributed by atoms with Gasteiger partial charge in [-0.25, -0.2) is 0 Å². The molecule has 0 saturated carbocycles. The van der Waals surface area contributed by atoms with Gasteiger partial charge in [-0.2, -0.15) is 0 Å². The number of halogens is 4. The van der Waals surface area contributed by atoms with Crippen LogP contribution in [0.15, 0.2) is 238 Å². The average Bonchev–Trinajstić information content (AvgIpc) is 3.25. The van der Waals surface area contributed by atoms with Gasteiger partial charge in [-0.05, 0) is 120 Å². The lowest BCUT2D eigenvalue weighted by molar-refractivity contribution is -0.112. The second-order valence-electron chi connectivity index (χ2n) is 15.3. The molecule has 7 heteroatoms. The van der Waals surface area contributed by atoms with E-state index in [-0.39, 0.29) is 17.8 Å². The van der Waals surface area contributed by atoms with Crippen LogP contribution in [0.1, 0.15) is 78.5 Å². The minimum Gasteiger partial charge on any atom is -0.289 e. The Labute approximate surface area is 392 Å². The van der Waals surface area contributed by atoms with Gasteiger partial charge in [0.1, 0.15) is 0 Å². The molecule has 1 heterocycles. The molecule has 2 aromatic rings. The van der Waals surface area contributed by atoms with E-state index in [9.17, 15) is 4.79 Å². The highest BCUT2D eigenvalue weighted by Gasteiger charge is 2.40. The maximum atomic E-state index is 14.5. The fraction of sp³-hybridized carbons (Fsp3) is 0.125. The first-order valence-corrected chi connectivity index (χ1v) is 22.0. The van der Waals surface area contributed by atoms with Gasteiger partial charge in [-0.1, -0.05) is 176 Å². The molecule has 316 valence electrons. The predicted octanol–water partition coefficient (Wildman–Crippen LogP) is 16.2. The number of ketones is 1. The first-order valence-electron chi connectivity index (χ1n) is 20.5. The summed E-state index contributed by atoms with van der Waals surface area (Å²) < 4.78 is 0. The van der Waals surface area contributed by atoms with Crippen LogP contribution >= 0.6 is 46.4 Å². The summed E-state index contributed by atoms with van der Waals surface area (Å²) in [6, 6.07) is 7.53. The van der Waals surface area contributed by atoms with E-state index in [1.807, 2.05) is 130 Å². The third-order valence-electron chi connectivity index (χ3n) is 10.7. The van der Waals surface area contributed by atoms with Crippen molar-refractivity contribution in [2.24, 2.45) is 9.98 Å². The van der Waals surface area contributed by atoms with Crippen LogP contribution in [0.3, 0.4) is 0 Å². The molecule has 0 spiro atoms. The van der Waals surface area contributed by atoms with Crippen LogP contribution in [0.2, 0.25) is 10.0 Å². The van der Waals surface area contributed by atoms with Crippen molar-refractivity contribution >= 4 is 63.6 Å². The molecule has 0 aromatic heterocycles. The lowest BCUT2D eigenvalue weighted by Gasteiger charge is -2.36. The molecule has 0 saturated heterocycles. The lowest BCUT2D eigenvalue weighted by Crippen LogP contribution is -2.22. The number of allylic oxidation sites excluding steroid dienone is 27. The van der Waals surface area contributed by atoms with Crippen LogP contribution in [-0.2, 0) is 4.79 Å². The summed E-state index contributed by atoms with van der Waals surface area (Å²) >= 11 is 30.1. The predicted molar refractivity (Wildman–Crippen MR) is 273 cm³/mol. The van der Waals surface area contributed by atoms with Crippen molar-refractivity contribution in [2.75, 3.05) is 0 Å². The highest BCUT2D eigenvalue weighted by atomic mass is 35.5. The zero-order chi connectivity index (χ0) is 45.4. The van der Waals surface area contributed by atoms with E-state index in [2.05, 4.69) is 45.0 Å². The Kier molecular flexibility index (Phi) is 15.6. The second kappa shape index (κ2) is 21.0. The van der Waals surface area contributed by atoms with E-state index in [0.717, 1.165) is 50.2 Å². The van der Waals surface area contributed by atoms with Gasteiger partial charge in [0, 0.05) is 55.1 Å². The molecule has 3 aliphatic carbocycles. The fourth-order valence-electron chi connectivity index (χ4n) is 8.03. The minimum absolute atomic E-state index is 0.139. The Morgan fingerprint density at radius 2 is 1.63 bits per heavy atom. The third-order valence-corrected chi connectivity index (χ3v) is 12.0. The van der Waals surface area contributed by atoms with E-state index in [1.165, 1.54) is 0 Å². The number of rotatable bonds is 9. The standard InChI is InChI=1S/C56H48Cl4N2O/c1-9-13-21-37-22-18-25-50(42(37)12-4)62-49(19-11-3)38-29-43-52(45(57)26-34(5)6)54-44-30-39(32-48(54)60)51-33-40(27-35(7)20-16-15-17-24-41(61-51)23-14-10-2)56(63)36(8)28-46(58)53(44)55(43)47(59)31-38/h9-32,49,52-53H,1-2,5,7-8,33H2,3-4,6H3/b17-15-,19-11-,20-16-,21-13-,23-14-,40-27-,41-24+,42-12-,45-26+,46-28+,61-51?,62-50?. The molecule has 3 atom stereocenters. The van der Waals surface area contributed by atoms with Crippen LogP contribution in [0.25, 0.3) is 0 Å². The molecule has 3 unspecified atom stereocenters. The van der Waals surface area contributed by atoms with Gasteiger partial charge in [-0.15, -0.1) is 0 Å². The quantitative estimate of drug-likeness (QED) is 0.140. The summed E-state index contributed by atoms with van der Waals surface area (Å²) in [7, 11) is 0. The van der Waals surface area contributed by atoms with Crippen LogP contribution in [0.5, 0.6) is 0 Å². The van der Waals surface area contributed by atoms with Gasteiger partial charge in [0.05, 0.1) is 23.2 Å². The van der Waals surface area contributed by atoms with Crippen molar-refractivity contribution in [2.45, 2.75) is 45.1 Å². The molecule has 0 fully saturated rings. The molecule has 2 aromatic carbocycles. The lowest BCUT2D eigenvalue weighted by atomic mass is 9.70. The number of hydrogen-bond acceptors (Lipinski definition) is 3. The first kappa shape index (κ1) is 46.7. The molecular formula is C56H48Cl4N2O. The van der Waals surface area contributed by atoms with Gasteiger partial charge >= 0.3 is 0 Å². The Bertz CT molecular complexity index is 2780. The van der Waals surface area contributed by atoms with E-state index in [0.29, 0.717) is 48.2 Å². The van der Waals surface area contributed by atoms with E-state index < -0.39 is 17.9 Å². The van der Waals surface area contributed by atoms with E-state index in [1.54, 1.807) is 24.3 Å². The zero-order valence-electron chi connectivity index (χ0n) is 35.6. The van der Waals surface area contributed by atoms with Crippen molar-refractivity contribution in [1.29, 1.82) is 0 Å². The van der Waals surface area contributed by atoms with Crippen LogP contribution < -0.4 is 0 Å². The third kappa shape index (κ3) is 10.5. The van der Waals surface area contributed by atoms with Crippen LogP contribution in [0, 0.1) is 0 Å². The van der Waals surface area contributed by atoms with Crippen LogP contribution in [0.4, 0.5) is 0 Å². The Morgan fingerprint density at radius 1 is 0.889 bits per heavy atom. The molecule has 3 nitrogen and oxygen atoms in total. The van der Waals surface area contributed by atoms with Gasteiger partial charge in [0.15, 0.2) is 5.78 Å². The molecular weight excluding hydrogens is 858 g/mol. The smallest absolute Gasteiger partial charge is 0.188 e. The fourth-order valence-corrected chi connectivity index (χ4v) is 9.48. The maximum absolute atomic E-state index is 14.5. The molecule has 1 aliphatic heterocycles. The molecule has 6 rings (SSSR count). The minimum atomic E-state index is -0.678. The SMILES string of the molecule is C=C/C=C\C1=CC=CC(=NC(/C=C\C)c2cc(Cl)c3c(c2)C(/C(Cl)=C\C(=C)C)c2c(Cl)cc4cc2C3/C(Cl)=C\C(=C)C(=O)/C2=C\C(=C)\C=C/C=C\C=C(/C=C\C=C)N=C4C2)/C1=C\C. The highest BCUT2D eigenvalue weighted by molar-refractivity contribution is 6.36. The van der Waals surface area contributed by atoms with E-state index in [4.69, 9.17) is 56.4 Å². The summed E-state index contributed by atoms with van der Waals surface area (Å²) in [5.41, 5.74) is 10.6. The summed E-state index contributed by atoms with van der Waals surface area (Å²) in [5.74, 6) is -1.56. The number of benzene rings is 2. The van der Waals surface area contributed by atoms with E-state index >= 15 is 0 Å². The molecule has 4 bridgehead atoms. The summed E-state index contributed by atoms with van der Waals surface area (Å²) in [6.07, 6.45) is 37.9. The number of nitrogens with zero attached hydrogens (tertiary/aromatic N) is 2. The molecule has 0 amide bonds. The second-order valence-corrected chi connectivity index (χ2v) is 17.0. The van der Waals surface area contributed by atoms with Crippen molar-refractivity contribution in [1.82, 2.24) is 0 Å². The molecule has 0 N–H and O–H groups in total. The highest BCUT2D eigenvalue weighted by Crippen LogP contribution is 2.56. The van der Waals surface area contributed by atoms with Gasteiger partial charge < -0.3 is 0 Å². The van der Waals surface area contributed by atoms with Crippen molar-refractivity contribution in [3.05, 3.63) is 271 Å². The van der Waals surface area contributed by atoms with Gasteiger partial charge in [0.2, 0.25) is 0 Å². The number of hydrogen-bond donors (Lipinski definition) is 0. The summed E-state index contributed by atoms with van der Waals surface area (Å²) in [6.45, 7) is 26.1. The van der Waals surface area contributed by atoms with Crippen LogP contribution in [-0.4, -0.2) is 17.2 Å².